The van der Waals surface area contributed by atoms with Crippen molar-refractivity contribution in [2.45, 2.75) is 32.6 Å². The number of carbonyl (C=O) groups excluding carboxylic acids is 2. The maximum Gasteiger partial charge on any atom is 0.321 e. The van der Waals surface area contributed by atoms with Gasteiger partial charge >= 0.3 is 12.0 Å². The van der Waals surface area contributed by atoms with E-state index in [0.717, 1.165) is 37.4 Å². The van der Waals surface area contributed by atoms with Gasteiger partial charge in [-0.05, 0) is 44.7 Å². The Kier molecular flexibility index (Phi) is 5.73. The minimum atomic E-state index is -0.147. The van der Waals surface area contributed by atoms with E-state index in [1.807, 2.05) is 19.1 Å². The van der Waals surface area contributed by atoms with Gasteiger partial charge in [0.15, 0.2) is 5.82 Å². The molecule has 1 N–H and O–H groups in total. The van der Waals surface area contributed by atoms with E-state index in [1.54, 1.807) is 11.1 Å². The van der Waals surface area contributed by atoms with Crippen molar-refractivity contribution < 1.29 is 14.3 Å². The fourth-order valence-electron chi connectivity index (χ4n) is 3.45. The molecule has 7 nitrogen and oxygen atoms in total. The Labute approximate surface area is 148 Å². The number of carbonyl (C=O) groups is 2. The minimum Gasteiger partial charge on any atom is -0.466 e. The highest BCUT2D eigenvalue weighted by molar-refractivity contribution is 5.92. The molecule has 2 saturated heterocycles. The number of nitrogens with zero attached hydrogens (tertiary/aromatic N) is 3. The second-order valence-electron chi connectivity index (χ2n) is 6.51. The van der Waals surface area contributed by atoms with Gasteiger partial charge in [-0.3, -0.25) is 4.79 Å². The molecule has 3 heterocycles. The van der Waals surface area contributed by atoms with E-state index in [0.29, 0.717) is 32.5 Å². The van der Waals surface area contributed by atoms with E-state index in [4.69, 9.17) is 4.74 Å². The van der Waals surface area contributed by atoms with Crippen LogP contribution in [0.3, 0.4) is 0 Å². The number of pyridine rings is 1. The third-order valence-electron chi connectivity index (χ3n) is 4.84. The van der Waals surface area contributed by atoms with Crippen LogP contribution in [0.4, 0.5) is 16.3 Å². The lowest BCUT2D eigenvalue weighted by atomic mass is 9.97. The molecular weight excluding hydrogens is 320 g/mol. The van der Waals surface area contributed by atoms with Crippen molar-refractivity contribution in [3.63, 3.8) is 0 Å². The molecule has 0 atom stereocenters. The Balaban J connectivity index is 1.58. The van der Waals surface area contributed by atoms with E-state index in [2.05, 4.69) is 15.2 Å². The topological polar surface area (TPSA) is 74.8 Å². The van der Waals surface area contributed by atoms with E-state index in [-0.39, 0.29) is 17.9 Å². The number of ether oxygens (including phenoxy) is 1. The van der Waals surface area contributed by atoms with Crippen molar-refractivity contribution in [3.8, 4) is 0 Å². The molecule has 1 aromatic rings. The number of hydrogen-bond donors (Lipinski definition) is 1. The predicted octanol–water partition coefficient (Wildman–Crippen LogP) is 2.49. The summed E-state index contributed by atoms with van der Waals surface area (Å²) in [7, 11) is 0. The Morgan fingerprint density at radius 1 is 1.24 bits per heavy atom. The standard InChI is InChI=1S/C18H26N4O3/c1-2-25-17(23)14-7-12-22(13-8-14)18(24)20-15-6-5-9-19-16(15)21-10-3-4-11-21/h5-6,9,14H,2-4,7-8,10-13H2,1H3,(H,20,24). The van der Waals surface area contributed by atoms with Crippen LogP contribution in [0, 0.1) is 5.92 Å². The molecule has 2 aliphatic heterocycles. The number of anilines is 2. The highest BCUT2D eigenvalue weighted by atomic mass is 16.5. The zero-order valence-corrected chi connectivity index (χ0v) is 14.7. The molecule has 1 aromatic heterocycles. The molecule has 136 valence electrons. The molecule has 0 unspecified atom stereocenters. The lowest BCUT2D eigenvalue weighted by Crippen LogP contribution is -2.43. The number of rotatable bonds is 4. The number of hydrogen-bond acceptors (Lipinski definition) is 5. The molecule has 0 aromatic carbocycles. The second kappa shape index (κ2) is 8.18. The van der Waals surface area contributed by atoms with Gasteiger partial charge in [0.25, 0.3) is 0 Å². The molecule has 0 radical (unpaired) electrons. The van der Waals surface area contributed by atoms with Crippen molar-refractivity contribution in [1.29, 1.82) is 0 Å². The largest absolute Gasteiger partial charge is 0.466 e. The van der Waals surface area contributed by atoms with Gasteiger partial charge in [-0.15, -0.1) is 0 Å². The number of piperidine rings is 1. The molecule has 25 heavy (non-hydrogen) atoms. The van der Waals surface area contributed by atoms with E-state index < -0.39 is 0 Å². The summed E-state index contributed by atoms with van der Waals surface area (Å²) in [5, 5.41) is 2.99. The van der Waals surface area contributed by atoms with Crippen LogP contribution in [0.15, 0.2) is 18.3 Å². The lowest BCUT2D eigenvalue weighted by Gasteiger charge is -2.31. The summed E-state index contributed by atoms with van der Waals surface area (Å²) in [5.41, 5.74) is 0.752. The van der Waals surface area contributed by atoms with Crippen LogP contribution < -0.4 is 10.2 Å². The molecular formula is C18H26N4O3. The van der Waals surface area contributed by atoms with Crippen LogP contribution >= 0.6 is 0 Å². The van der Waals surface area contributed by atoms with Gasteiger partial charge in [0.2, 0.25) is 0 Å². The fourth-order valence-corrected chi connectivity index (χ4v) is 3.45. The predicted molar refractivity (Wildman–Crippen MR) is 95.6 cm³/mol. The Bertz CT molecular complexity index is 608. The second-order valence-corrected chi connectivity index (χ2v) is 6.51. The van der Waals surface area contributed by atoms with Gasteiger partial charge in [0, 0.05) is 32.4 Å². The van der Waals surface area contributed by atoms with Crippen LogP contribution in [0.2, 0.25) is 0 Å². The molecule has 7 heteroatoms. The smallest absolute Gasteiger partial charge is 0.321 e. The zero-order chi connectivity index (χ0) is 17.6. The Hall–Kier alpha value is -2.31. The van der Waals surface area contributed by atoms with Gasteiger partial charge in [0.05, 0.1) is 18.2 Å². The number of aromatic nitrogens is 1. The SMILES string of the molecule is CCOC(=O)C1CCN(C(=O)Nc2cccnc2N2CCCC2)CC1. The molecule has 2 fully saturated rings. The Morgan fingerprint density at radius 2 is 1.96 bits per heavy atom. The van der Waals surface area contributed by atoms with Crippen molar-refractivity contribution >= 4 is 23.5 Å². The van der Waals surface area contributed by atoms with Gasteiger partial charge in [-0.2, -0.15) is 0 Å². The summed E-state index contributed by atoms with van der Waals surface area (Å²) < 4.78 is 5.07. The highest BCUT2D eigenvalue weighted by Crippen LogP contribution is 2.27. The quantitative estimate of drug-likeness (QED) is 0.848. The first kappa shape index (κ1) is 17.5. The normalized spacial score (nSPS) is 18.3. The fraction of sp³-hybridized carbons (Fsp3) is 0.611. The number of urea groups is 1. The van der Waals surface area contributed by atoms with Crippen LogP contribution in [0.1, 0.15) is 32.6 Å². The molecule has 0 aliphatic carbocycles. The number of amides is 2. The molecule has 2 amide bonds. The third-order valence-corrected chi connectivity index (χ3v) is 4.84. The van der Waals surface area contributed by atoms with Crippen LogP contribution in [0.25, 0.3) is 0 Å². The zero-order valence-electron chi connectivity index (χ0n) is 14.7. The van der Waals surface area contributed by atoms with E-state index in [1.165, 1.54) is 0 Å². The molecule has 0 spiro atoms. The molecule has 2 aliphatic rings. The van der Waals surface area contributed by atoms with Gasteiger partial charge in [-0.25, -0.2) is 9.78 Å². The number of nitrogens with one attached hydrogen (secondary N) is 1. The monoisotopic (exact) mass is 346 g/mol. The average Bonchev–Trinajstić information content (AvgIpc) is 3.17. The van der Waals surface area contributed by atoms with E-state index >= 15 is 0 Å². The summed E-state index contributed by atoms with van der Waals surface area (Å²) in [5.74, 6) is 0.600. The van der Waals surface area contributed by atoms with Gasteiger partial charge in [0.1, 0.15) is 0 Å². The van der Waals surface area contributed by atoms with Crippen molar-refractivity contribution in [2.24, 2.45) is 5.92 Å². The first-order valence-corrected chi connectivity index (χ1v) is 9.11. The van der Waals surface area contributed by atoms with Crippen molar-refractivity contribution in [3.05, 3.63) is 18.3 Å². The van der Waals surface area contributed by atoms with Gasteiger partial charge in [-0.1, -0.05) is 0 Å². The summed E-state index contributed by atoms with van der Waals surface area (Å²) in [4.78, 5) is 32.8. The maximum absolute atomic E-state index is 12.6. The summed E-state index contributed by atoms with van der Waals surface area (Å²) in [6.07, 6.45) is 5.38. The number of likely N-dealkylation sites (tertiary alicyclic amines) is 1. The van der Waals surface area contributed by atoms with Crippen LogP contribution in [-0.4, -0.2) is 54.7 Å². The summed E-state index contributed by atoms with van der Waals surface area (Å²) >= 11 is 0. The summed E-state index contributed by atoms with van der Waals surface area (Å²) in [6.45, 7) is 5.30. The van der Waals surface area contributed by atoms with Crippen LogP contribution in [-0.2, 0) is 9.53 Å². The minimum absolute atomic E-state index is 0.0949. The lowest BCUT2D eigenvalue weighted by molar-refractivity contribution is -0.149. The molecule has 3 rings (SSSR count). The van der Waals surface area contributed by atoms with Crippen molar-refractivity contribution in [2.75, 3.05) is 43.0 Å². The van der Waals surface area contributed by atoms with Gasteiger partial charge < -0.3 is 19.9 Å². The first-order chi connectivity index (χ1) is 12.2. The highest BCUT2D eigenvalue weighted by Gasteiger charge is 2.28. The number of esters is 1. The van der Waals surface area contributed by atoms with E-state index in [9.17, 15) is 9.59 Å². The summed E-state index contributed by atoms with van der Waals surface area (Å²) in [6, 6.07) is 3.60. The Morgan fingerprint density at radius 3 is 2.64 bits per heavy atom. The maximum atomic E-state index is 12.6. The van der Waals surface area contributed by atoms with Crippen molar-refractivity contribution in [1.82, 2.24) is 9.88 Å². The van der Waals surface area contributed by atoms with Crippen LogP contribution in [0.5, 0.6) is 0 Å². The first-order valence-electron chi connectivity index (χ1n) is 9.11. The average molecular weight is 346 g/mol. The third kappa shape index (κ3) is 4.21. The molecule has 0 saturated carbocycles. The molecule has 0 bridgehead atoms.